The van der Waals surface area contributed by atoms with Gasteiger partial charge in [0.05, 0.1) is 6.04 Å². The molecule has 0 rings (SSSR count). The van der Waals surface area contributed by atoms with Gasteiger partial charge in [-0.2, -0.15) is 0 Å². The highest BCUT2D eigenvalue weighted by Gasteiger charge is 2.07. The van der Waals surface area contributed by atoms with Crippen LogP contribution in [0.2, 0.25) is 0 Å². The lowest BCUT2D eigenvalue weighted by atomic mass is 10.1. The molecule has 0 heterocycles. The molecule has 2 atom stereocenters. The van der Waals surface area contributed by atoms with Gasteiger partial charge in [-0.15, -0.1) is 6.42 Å². The molecule has 13 heavy (non-hydrogen) atoms. The summed E-state index contributed by atoms with van der Waals surface area (Å²) < 4.78 is 0. The maximum absolute atomic E-state index is 5.42. The van der Waals surface area contributed by atoms with Crippen molar-refractivity contribution in [2.24, 2.45) is 0 Å². The maximum atomic E-state index is 5.42. The molecular formula is C12H23N. The fourth-order valence-electron chi connectivity index (χ4n) is 1.44. The molecule has 0 aromatic heterocycles. The van der Waals surface area contributed by atoms with Crippen LogP contribution in [0.15, 0.2) is 0 Å². The third kappa shape index (κ3) is 6.66. The predicted molar refractivity (Wildman–Crippen MR) is 59.7 cm³/mol. The van der Waals surface area contributed by atoms with Crippen molar-refractivity contribution in [3.05, 3.63) is 0 Å². The van der Waals surface area contributed by atoms with Gasteiger partial charge in [0.25, 0.3) is 0 Å². The lowest BCUT2D eigenvalue weighted by molar-refractivity contribution is 0.448. The Morgan fingerprint density at radius 1 is 1.23 bits per heavy atom. The first-order chi connectivity index (χ1) is 6.24. The summed E-state index contributed by atoms with van der Waals surface area (Å²) in [5.41, 5.74) is 0. The van der Waals surface area contributed by atoms with E-state index in [1.807, 2.05) is 0 Å². The summed E-state index contributed by atoms with van der Waals surface area (Å²) in [5.74, 6) is 2.80. The lowest BCUT2D eigenvalue weighted by Crippen LogP contribution is -2.35. The molecule has 0 aliphatic heterocycles. The molecule has 2 unspecified atom stereocenters. The highest BCUT2D eigenvalue weighted by Crippen LogP contribution is 2.03. The zero-order valence-corrected chi connectivity index (χ0v) is 9.27. The van der Waals surface area contributed by atoms with Crippen LogP contribution in [0.1, 0.15) is 52.9 Å². The number of hydrogen-bond acceptors (Lipinski definition) is 1. The number of unbranched alkanes of at least 4 members (excludes halogenated alkanes) is 1. The maximum Gasteiger partial charge on any atom is 0.0688 e. The second-order valence-electron chi connectivity index (χ2n) is 3.72. The topological polar surface area (TPSA) is 12.0 Å². The monoisotopic (exact) mass is 181 g/mol. The standard InChI is InChI=1S/C12H23N/c1-5-8-10-11(4)13-12(7-3)9-6-2/h3,11-13H,5-6,8-10H2,1-2,4H3. The van der Waals surface area contributed by atoms with Crippen molar-refractivity contribution in [3.8, 4) is 12.3 Å². The molecule has 0 radical (unpaired) electrons. The van der Waals surface area contributed by atoms with Gasteiger partial charge < -0.3 is 5.32 Å². The van der Waals surface area contributed by atoms with E-state index in [0.29, 0.717) is 6.04 Å². The minimum atomic E-state index is 0.275. The Labute approximate surface area is 83.3 Å². The molecule has 1 N–H and O–H groups in total. The zero-order valence-electron chi connectivity index (χ0n) is 9.27. The number of nitrogens with one attached hydrogen (secondary N) is 1. The van der Waals surface area contributed by atoms with Crippen LogP contribution >= 0.6 is 0 Å². The summed E-state index contributed by atoms with van der Waals surface area (Å²) >= 11 is 0. The molecule has 0 amide bonds. The van der Waals surface area contributed by atoms with Crippen molar-refractivity contribution >= 4 is 0 Å². The van der Waals surface area contributed by atoms with Crippen molar-refractivity contribution < 1.29 is 0 Å². The second-order valence-corrected chi connectivity index (χ2v) is 3.72. The summed E-state index contributed by atoms with van der Waals surface area (Å²) in [6.07, 6.45) is 11.5. The van der Waals surface area contributed by atoms with Gasteiger partial charge in [-0.25, -0.2) is 0 Å². The van der Waals surface area contributed by atoms with Crippen molar-refractivity contribution in [2.45, 2.75) is 65.0 Å². The summed E-state index contributed by atoms with van der Waals surface area (Å²) in [6.45, 7) is 6.61. The molecule has 0 fully saturated rings. The fraction of sp³-hybridized carbons (Fsp3) is 0.833. The van der Waals surface area contributed by atoms with Crippen molar-refractivity contribution in [1.82, 2.24) is 5.32 Å². The fourth-order valence-corrected chi connectivity index (χ4v) is 1.44. The normalized spacial score (nSPS) is 14.9. The summed E-state index contributed by atoms with van der Waals surface area (Å²) in [4.78, 5) is 0. The average molecular weight is 181 g/mol. The molecule has 76 valence electrons. The van der Waals surface area contributed by atoms with E-state index in [0.717, 1.165) is 12.8 Å². The number of terminal acetylenes is 1. The van der Waals surface area contributed by atoms with Gasteiger partial charge in [-0.3, -0.25) is 0 Å². The smallest absolute Gasteiger partial charge is 0.0688 e. The van der Waals surface area contributed by atoms with Crippen molar-refractivity contribution in [3.63, 3.8) is 0 Å². The molecule has 0 saturated carbocycles. The Bertz CT molecular complexity index is 146. The molecule has 0 bridgehead atoms. The van der Waals surface area contributed by atoms with E-state index in [1.54, 1.807) is 0 Å². The summed E-state index contributed by atoms with van der Waals surface area (Å²) in [6, 6.07) is 0.837. The molecule has 1 heteroatoms. The van der Waals surface area contributed by atoms with E-state index < -0.39 is 0 Å². The van der Waals surface area contributed by atoms with E-state index >= 15 is 0 Å². The summed E-state index contributed by atoms with van der Waals surface area (Å²) in [5, 5.41) is 3.47. The van der Waals surface area contributed by atoms with Gasteiger partial charge in [-0.05, 0) is 19.8 Å². The van der Waals surface area contributed by atoms with E-state index in [4.69, 9.17) is 6.42 Å². The van der Waals surface area contributed by atoms with Crippen LogP contribution in [-0.4, -0.2) is 12.1 Å². The minimum Gasteiger partial charge on any atom is -0.301 e. The quantitative estimate of drug-likeness (QED) is 0.595. The van der Waals surface area contributed by atoms with Gasteiger partial charge in [0, 0.05) is 6.04 Å². The highest BCUT2D eigenvalue weighted by atomic mass is 14.9. The largest absolute Gasteiger partial charge is 0.301 e. The summed E-state index contributed by atoms with van der Waals surface area (Å²) in [7, 11) is 0. The van der Waals surface area contributed by atoms with E-state index in [9.17, 15) is 0 Å². The highest BCUT2D eigenvalue weighted by molar-refractivity contribution is 4.99. The Hall–Kier alpha value is -0.480. The van der Waals surface area contributed by atoms with Crippen molar-refractivity contribution in [2.75, 3.05) is 0 Å². The Kier molecular flexibility index (Phi) is 7.83. The van der Waals surface area contributed by atoms with Gasteiger partial charge >= 0.3 is 0 Å². The van der Waals surface area contributed by atoms with Crippen molar-refractivity contribution in [1.29, 1.82) is 0 Å². The molecule has 0 aliphatic rings. The first-order valence-corrected chi connectivity index (χ1v) is 5.46. The molecular weight excluding hydrogens is 158 g/mol. The molecule has 0 saturated heterocycles. The first kappa shape index (κ1) is 12.5. The molecule has 0 aromatic carbocycles. The van der Waals surface area contributed by atoms with Crippen LogP contribution < -0.4 is 5.32 Å². The molecule has 1 nitrogen and oxygen atoms in total. The minimum absolute atomic E-state index is 0.275. The Balaban J connectivity index is 3.61. The van der Waals surface area contributed by atoms with E-state index in [-0.39, 0.29) is 6.04 Å². The van der Waals surface area contributed by atoms with Crippen LogP contribution in [0.5, 0.6) is 0 Å². The lowest BCUT2D eigenvalue weighted by Gasteiger charge is -2.18. The third-order valence-corrected chi connectivity index (χ3v) is 2.25. The first-order valence-electron chi connectivity index (χ1n) is 5.46. The van der Waals surface area contributed by atoms with Gasteiger partial charge in [-0.1, -0.05) is 39.0 Å². The molecule has 0 aromatic rings. The van der Waals surface area contributed by atoms with Crippen LogP contribution in [0.25, 0.3) is 0 Å². The number of hydrogen-bond donors (Lipinski definition) is 1. The Morgan fingerprint density at radius 2 is 1.92 bits per heavy atom. The predicted octanol–water partition coefficient (Wildman–Crippen LogP) is 2.96. The van der Waals surface area contributed by atoms with Crippen LogP contribution in [-0.2, 0) is 0 Å². The van der Waals surface area contributed by atoms with Crippen LogP contribution in [0.4, 0.5) is 0 Å². The third-order valence-electron chi connectivity index (χ3n) is 2.25. The molecule has 0 aliphatic carbocycles. The van der Waals surface area contributed by atoms with Gasteiger partial charge in [0.2, 0.25) is 0 Å². The van der Waals surface area contributed by atoms with Gasteiger partial charge in [0.15, 0.2) is 0 Å². The van der Waals surface area contributed by atoms with E-state index in [1.165, 1.54) is 19.3 Å². The van der Waals surface area contributed by atoms with Crippen LogP contribution in [0, 0.1) is 12.3 Å². The molecule has 0 spiro atoms. The van der Waals surface area contributed by atoms with Crippen LogP contribution in [0.3, 0.4) is 0 Å². The average Bonchev–Trinajstić information content (AvgIpc) is 2.14. The SMILES string of the molecule is C#CC(CCC)NC(C)CCCC. The van der Waals surface area contributed by atoms with Gasteiger partial charge in [0.1, 0.15) is 0 Å². The zero-order chi connectivity index (χ0) is 10.1. The van der Waals surface area contributed by atoms with E-state index in [2.05, 4.69) is 32.0 Å². The Morgan fingerprint density at radius 3 is 2.38 bits per heavy atom. The number of rotatable bonds is 7. The second kappa shape index (κ2) is 8.13.